The van der Waals surface area contributed by atoms with Gasteiger partial charge in [0.2, 0.25) is 0 Å². The molecule has 0 bridgehead atoms. The average molecular weight is 680 g/mol. The van der Waals surface area contributed by atoms with Crippen molar-refractivity contribution < 1.29 is 5.79 Å². The molecule has 1 nitrogen and oxygen atoms in total. The van der Waals surface area contributed by atoms with E-state index in [1.807, 2.05) is 18.2 Å². The van der Waals surface area contributed by atoms with Crippen molar-refractivity contribution in [2.24, 2.45) is 0 Å². The van der Waals surface area contributed by atoms with Crippen LogP contribution in [0.5, 0.6) is 0 Å². The van der Waals surface area contributed by atoms with Gasteiger partial charge in [-0.2, -0.15) is 0 Å². The Bertz CT molecular complexity index is 3030. The Morgan fingerprint density at radius 1 is 0.434 bits per heavy atom. The molecule has 0 saturated heterocycles. The van der Waals surface area contributed by atoms with Crippen LogP contribution in [0.25, 0.3) is 98.8 Å². The van der Waals surface area contributed by atoms with Crippen LogP contribution >= 0.6 is 0 Å². The molecule has 0 amide bonds. The second-order valence-electron chi connectivity index (χ2n) is 15.2. The van der Waals surface area contributed by atoms with Gasteiger partial charge >= 0.3 is 0 Å². The Morgan fingerprint density at radius 3 is 1.74 bits per heavy atom. The van der Waals surface area contributed by atoms with Gasteiger partial charge in [0.25, 0.3) is 0 Å². The molecule has 53 heavy (non-hydrogen) atoms. The molecule has 0 saturated carbocycles. The van der Waals surface area contributed by atoms with Gasteiger partial charge < -0.3 is 4.42 Å². The van der Waals surface area contributed by atoms with Gasteiger partial charge in [0.15, 0.2) is 0 Å². The molecular formula is C52H38O. The molecule has 10 aromatic rings. The molecule has 0 aliphatic heterocycles. The highest BCUT2D eigenvalue weighted by molar-refractivity contribution is 6.21. The van der Waals surface area contributed by atoms with Gasteiger partial charge in [-0.05, 0) is 100 Å². The van der Waals surface area contributed by atoms with Crippen LogP contribution in [0.1, 0.15) is 27.7 Å². The van der Waals surface area contributed by atoms with Gasteiger partial charge in [0.1, 0.15) is 11.2 Å². The van der Waals surface area contributed by atoms with E-state index >= 15 is 0 Å². The molecule has 0 atom stereocenters. The molecule has 0 radical (unpaired) electrons. The highest BCUT2D eigenvalue weighted by atomic mass is 16.3. The zero-order chi connectivity index (χ0) is 36.6. The van der Waals surface area contributed by atoms with Crippen molar-refractivity contribution in [3.05, 3.63) is 181 Å². The van der Waals surface area contributed by atoms with Crippen LogP contribution in [0.2, 0.25) is 0 Å². The van der Waals surface area contributed by atoms with Crippen LogP contribution in [-0.2, 0) is 5.41 Å². The summed E-state index contributed by atoms with van der Waals surface area (Å²) in [6, 6.07) is 61.6. The molecular weight excluding hydrogens is 641 g/mol. The van der Waals surface area contributed by atoms with E-state index in [0.29, 0.717) is 6.04 Å². The predicted molar refractivity (Wildman–Crippen MR) is 227 cm³/mol. The van der Waals surface area contributed by atoms with Crippen LogP contribution in [0.3, 0.4) is 0 Å². The molecule has 9 aromatic carbocycles. The number of fused-ring (bicyclic) bond motifs is 6. The van der Waals surface area contributed by atoms with E-state index in [-0.39, 0.29) is 5.41 Å². The first-order valence-corrected chi connectivity index (χ1v) is 18.4. The van der Waals surface area contributed by atoms with Crippen molar-refractivity contribution >= 4 is 54.3 Å². The Morgan fingerprint density at radius 2 is 1.02 bits per heavy atom. The number of hydrogen-bond acceptors (Lipinski definition) is 1. The van der Waals surface area contributed by atoms with Crippen LogP contribution in [0, 0.1) is 0 Å². The fourth-order valence-electron chi connectivity index (χ4n) is 8.41. The first kappa shape index (κ1) is 30.2. The SMILES string of the molecule is [2H]c1ccc2cc(-c3cccc(-c4c5ccccc5c(-c5ccc(-c6cccc7oc8c(C(C)(C)C)cccc8c67)cc5)c5ccccc45)c3)ccc2c1. The third-order valence-corrected chi connectivity index (χ3v) is 10.9. The number of hydrogen-bond donors (Lipinski definition) is 0. The molecule has 1 heteroatoms. The van der Waals surface area contributed by atoms with E-state index < -0.39 is 0 Å². The van der Waals surface area contributed by atoms with E-state index in [4.69, 9.17) is 5.79 Å². The fourth-order valence-corrected chi connectivity index (χ4v) is 8.41. The zero-order valence-electron chi connectivity index (χ0n) is 31.1. The van der Waals surface area contributed by atoms with Gasteiger partial charge in [-0.3, -0.25) is 0 Å². The van der Waals surface area contributed by atoms with Gasteiger partial charge in [0, 0.05) is 16.3 Å². The van der Waals surface area contributed by atoms with Crippen molar-refractivity contribution in [2.45, 2.75) is 26.2 Å². The van der Waals surface area contributed by atoms with Crippen molar-refractivity contribution in [3.8, 4) is 44.5 Å². The number of benzene rings is 9. The van der Waals surface area contributed by atoms with Gasteiger partial charge in [-0.1, -0.05) is 178 Å². The Kier molecular flexibility index (Phi) is 6.88. The lowest BCUT2D eigenvalue weighted by molar-refractivity contribution is 0.573. The maximum atomic E-state index is 8.03. The van der Waals surface area contributed by atoms with E-state index in [1.165, 1.54) is 77.0 Å². The van der Waals surface area contributed by atoms with E-state index in [9.17, 15) is 0 Å². The van der Waals surface area contributed by atoms with Crippen molar-refractivity contribution in [3.63, 3.8) is 0 Å². The summed E-state index contributed by atoms with van der Waals surface area (Å²) in [6.45, 7) is 6.73. The summed E-state index contributed by atoms with van der Waals surface area (Å²) in [6.07, 6.45) is 0. The summed E-state index contributed by atoms with van der Waals surface area (Å²) in [5, 5.41) is 9.50. The highest BCUT2D eigenvalue weighted by Crippen LogP contribution is 2.45. The summed E-state index contributed by atoms with van der Waals surface area (Å²) in [5.41, 5.74) is 12.7. The fraction of sp³-hybridized carbons (Fsp3) is 0.0769. The van der Waals surface area contributed by atoms with Crippen molar-refractivity contribution in [1.82, 2.24) is 0 Å². The number of rotatable bonds is 4. The Labute approximate surface area is 311 Å². The van der Waals surface area contributed by atoms with Crippen LogP contribution in [0.15, 0.2) is 180 Å². The van der Waals surface area contributed by atoms with Crippen LogP contribution in [0.4, 0.5) is 0 Å². The molecule has 0 unspecified atom stereocenters. The first-order chi connectivity index (χ1) is 26.3. The number of furan rings is 1. The zero-order valence-corrected chi connectivity index (χ0v) is 30.1. The molecule has 0 N–H and O–H groups in total. The molecule has 0 spiro atoms. The van der Waals surface area contributed by atoms with Crippen LogP contribution < -0.4 is 0 Å². The summed E-state index contributed by atoms with van der Waals surface area (Å²) in [5.74, 6) is 0. The molecule has 0 aliphatic carbocycles. The molecule has 0 aliphatic rings. The lowest BCUT2D eigenvalue weighted by Gasteiger charge is -2.19. The molecule has 1 heterocycles. The lowest BCUT2D eigenvalue weighted by atomic mass is 9.85. The number of para-hydroxylation sites is 1. The van der Waals surface area contributed by atoms with E-state index in [2.05, 4.69) is 172 Å². The highest BCUT2D eigenvalue weighted by Gasteiger charge is 2.22. The molecule has 10 rings (SSSR count). The molecule has 1 aromatic heterocycles. The van der Waals surface area contributed by atoms with Gasteiger partial charge in [-0.15, -0.1) is 0 Å². The second-order valence-corrected chi connectivity index (χ2v) is 15.2. The lowest BCUT2D eigenvalue weighted by Crippen LogP contribution is -2.10. The minimum absolute atomic E-state index is 0.0234. The van der Waals surface area contributed by atoms with Gasteiger partial charge in [0.05, 0.1) is 1.37 Å². The average Bonchev–Trinajstić information content (AvgIpc) is 3.59. The Hall–Kier alpha value is -6.44. The second kappa shape index (κ2) is 12.1. The van der Waals surface area contributed by atoms with Gasteiger partial charge in [-0.25, -0.2) is 0 Å². The quantitative estimate of drug-likeness (QED) is 0.169. The summed E-state index contributed by atoms with van der Waals surface area (Å²) in [4.78, 5) is 0. The minimum Gasteiger partial charge on any atom is -0.456 e. The predicted octanol–water partition coefficient (Wildman–Crippen LogP) is 15.0. The monoisotopic (exact) mass is 679 g/mol. The normalized spacial score (nSPS) is 12.3. The van der Waals surface area contributed by atoms with Crippen molar-refractivity contribution in [1.29, 1.82) is 0 Å². The smallest absolute Gasteiger partial charge is 0.139 e. The summed E-state index contributed by atoms with van der Waals surface area (Å²) in [7, 11) is 0. The Balaban J connectivity index is 1.12. The topological polar surface area (TPSA) is 13.1 Å². The van der Waals surface area contributed by atoms with Crippen LogP contribution in [-0.4, -0.2) is 0 Å². The van der Waals surface area contributed by atoms with E-state index in [0.717, 1.165) is 27.3 Å². The summed E-state index contributed by atoms with van der Waals surface area (Å²) < 4.78 is 14.6. The minimum atomic E-state index is -0.0234. The summed E-state index contributed by atoms with van der Waals surface area (Å²) >= 11 is 0. The third-order valence-electron chi connectivity index (χ3n) is 10.9. The molecule has 252 valence electrons. The maximum Gasteiger partial charge on any atom is 0.139 e. The maximum absolute atomic E-state index is 8.03. The first-order valence-electron chi connectivity index (χ1n) is 18.9. The molecule has 0 fully saturated rings. The van der Waals surface area contributed by atoms with E-state index in [1.54, 1.807) is 0 Å². The third kappa shape index (κ3) is 5.15. The standard InChI is InChI=1S/C52H38O/c1-52(2,3)46-23-11-22-45-50-40(21-12-24-47(50)53-51(45)46)34-26-28-35(29-27-34)48-41-17-6-8-19-43(41)49(44-20-9-7-18-42(44)48)39-16-10-15-37(32-39)38-30-25-33-13-4-5-14-36(33)31-38/h4-32H,1-3H3/i4D. The largest absolute Gasteiger partial charge is 0.456 e. The van der Waals surface area contributed by atoms with Crippen molar-refractivity contribution in [2.75, 3.05) is 0 Å².